The Morgan fingerprint density at radius 1 is 1.31 bits per heavy atom. The molecule has 0 aromatic carbocycles. The van der Waals surface area contributed by atoms with Crippen molar-refractivity contribution in [2.45, 2.75) is 46.0 Å². The number of nitrogens with zero attached hydrogens (tertiary/aromatic N) is 1. The van der Waals surface area contributed by atoms with Crippen LogP contribution in [-0.4, -0.2) is 23.9 Å². The normalized spacial score (nSPS) is 15.8. The zero-order chi connectivity index (χ0) is 9.68. The molecule has 0 N–H and O–H groups in total. The van der Waals surface area contributed by atoms with Gasteiger partial charge in [0.05, 0.1) is 0 Å². The van der Waals surface area contributed by atoms with Crippen LogP contribution < -0.4 is 0 Å². The van der Waals surface area contributed by atoms with Crippen molar-refractivity contribution in [2.24, 2.45) is 5.92 Å². The lowest BCUT2D eigenvalue weighted by molar-refractivity contribution is -0.132. The van der Waals surface area contributed by atoms with E-state index in [1.165, 1.54) is 19.3 Å². The monoisotopic (exact) mass is 183 g/mol. The molecule has 1 saturated carbocycles. The molecular formula is C11H21NO. The molecule has 76 valence electrons. The Hall–Kier alpha value is -0.530. The third-order valence-electron chi connectivity index (χ3n) is 2.65. The van der Waals surface area contributed by atoms with Gasteiger partial charge < -0.3 is 4.90 Å². The number of carbonyl (C=O) groups excluding carboxylic acids is 1. The third-order valence-corrected chi connectivity index (χ3v) is 2.65. The fourth-order valence-corrected chi connectivity index (χ4v) is 1.57. The van der Waals surface area contributed by atoms with Gasteiger partial charge in [-0.25, -0.2) is 0 Å². The van der Waals surface area contributed by atoms with Crippen molar-refractivity contribution in [3.05, 3.63) is 0 Å². The quantitative estimate of drug-likeness (QED) is 0.579. The minimum Gasteiger partial charge on any atom is -0.343 e. The first kappa shape index (κ1) is 10.6. The van der Waals surface area contributed by atoms with Gasteiger partial charge in [0.25, 0.3) is 0 Å². The van der Waals surface area contributed by atoms with Gasteiger partial charge in [-0.2, -0.15) is 0 Å². The average molecular weight is 183 g/mol. The standard InChI is InChI=1S/C11H21NO/c1-3-5-6-9-12(4-2)11(13)10-7-8-10/h10H,3-9H2,1-2H3. The van der Waals surface area contributed by atoms with E-state index in [9.17, 15) is 4.79 Å². The third kappa shape index (κ3) is 3.37. The van der Waals surface area contributed by atoms with Gasteiger partial charge in [-0.1, -0.05) is 19.8 Å². The van der Waals surface area contributed by atoms with E-state index < -0.39 is 0 Å². The maximum absolute atomic E-state index is 11.7. The van der Waals surface area contributed by atoms with Crippen LogP contribution in [0.25, 0.3) is 0 Å². The molecule has 0 bridgehead atoms. The number of amides is 1. The molecule has 1 aliphatic rings. The molecular weight excluding hydrogens is 162 g/mol. The lowest BCUT2D eigenvalue weighted by Crippen LogP contribution is -2.32. The highest BCUT2D eigenvalue weighted by atomic mass is 16.2. The summed E-state index contributed by atoms with van der Waals surface area (Å²) in [5.41, 5.74) is 0. The number of carbonyl (C=O) groups is 1. The first-order valence-corrected chi connectivity index (χ1v) is 5.58. The van der Waals surface area contributed by atoms with E-state index >= 15 is 0 Å². The SMILES string of the molecule is CCCCCN(CC)C(=O)C1CC1. The lowest BCUT2D eigenvalue weighted by Gasteiger charge is -2.20. The van der Waals surface area contributed by atoms with Crippen LogP contribution in [0.3, 0.4) is 0 Å². The topological polar surface area (TPSA) is 20.3 Å². The molecule has 1 amide bonds. The van der Waals surface area contributed by atoms with Crippen molar-refractivity contribution in [2.75, 3.05) is 13.1 Å². The summed E-state index contributed by atoms with van der Waals surface area (Å²) < 4.78 is 0. The summed E-state index contributed by atoms with van der Waals surface area (Å²) in [6.45, 7) is 6.13. The molecule has 1 aliphatic carbocycles. The predicted octanol–water partition coefficient (Wildman–Crippen LogP) is 2.44. The van der Waals surface area contributed by atoms with E-state index in [2.05, 4.69) is 13.8 Å². The van der Waals surface area contributed by atoms with Crippen LogP contribution in [0.1, 0.15) is 46.0 Å². The minimum atomic E-state index is 0.390. The predicted molar refractivity (Wildman–Crippen MR) is 54.5 cm³/mol. The van der Waals surface area contributed by atoms with E-state index in [0.29, 0.717) is 11.8 Å². The van der Waals surface area contributed by atoms with Crippen LogP contribution in [-0.2, 0) is 4.79 Å². The van der Waals surface area contributed by atoms with Crippen LogP contribution in [0.2, 0.25) is 0 Å². The summed E-state index contributed by atoms with van der Waals surface area (Å²) in [7, 11) is 0. The molecule has 0 unspecified atom stereocenters. The van der Waals surface area contributed by atoms with Crippen LogP contribution >= 0.6 is 0 Å². The van der Waals surface area contributed by atoms with Crippen molar-refractivity contribution >= 4 is 5.91 Å². The van der Waals surface area contributed by atoms with Crippen molar-refractivity contribution in [3.8, 4) is 0 Å². The summed E-state index contributed by atoms with van der Waals surface area (Å²) in [6, 6.07) is 0. The van der Waals surface area contributed by atoms with Crippen LogP contribution in [0.4, 0.5) is 0 Å². The van der Waals surface area contributed by atoms with E-state index in [-0.39, 0.29) is 0 Å². The Kier molecular flexibility index (Phi) is 4.26. The Morgan fingerprint density at radius 3 is 2.46 bits per heavy atom. The molecule has 1 fully saturated rings. The summed E-state index contributed by atoms with van der Waals surface area (Å²) in [6.07, 6.45) is 5.90. The largest absolute Gasteiger partial charge is 0.343 e. The Bertz CT molecular complexity index is 163. The zero-order valence-corrected chi connectivity index (χ0v) is 8.88. The second-order valence-electron chi connectivity index (χ2n) is 3.90. The van der Waals surface area contributed by atoms with Crippen LogP contribution in [0, 0.1) is 5.92 Å². The summed E-state index contributed by atoms with van der Waals surface area (Å²) in [4.78, 5) is 13.7. The molecule has 0 spiro atoms. The molecule has 2 nitrogen and oxygen atoms in total. The summed E-state index contributed by atoms with van der Waals surface area (Å²) in [5.74, 6) is 0.792. The van der Waals surface area contributed by atoms with Crippen molar-refractivity contribution < 1.29 is 4.79 Å². The first-order valence-electron chi connectivity index (χ1n) is 5.58. The zero-order valence-electron chi connectivity index (χ0n) is 8.88. The van der Waals surface area contributed by atoms with Gasteiger partial charge in [-0.3, -0.25) is 4.79 Å². The Labute approximate surface area is 81.3 Å². The second-order valence-corrected chi connectivity index (χ2v) is 3.90. The fourth-order valence-electron chi connectivity index (χ4n) is 1.57. The molecule has 0 heterocycles. The minimum absolute atomic E-state index is 0.390. The molecule has 0 aromatic heterocycles. The van der Waals surface area contributed by atoms with Gasteiger partial charge in [0.15, 0.2) is 0 Å². The maximum Gasteiger partial charge on any atom is 0.225 e. The van der Waals surface area contributed by atoms with E-state index in [4.69, 9.17) is 0 Å². The van der Waals surface area contributed by atoms with Gasteiger partial charge in [-0.05, 0) is 26.2 Å². The maximum atomic E-state index is 11.7. The Balaban J connectivity index is 2.20. The van der Waals surface area contributed by atoms with Gasteiger partial charge in [0.2, 0.25) is 5.91 Å². The summed E-state index contributed by atoms with van der Waals surface area (Å²) >= 11 is 0. The lowest BCUT2D eigenvalue weighted by atomic mass is 10.2. The average Bonchev–Trinajstić information content (AvgIpc) is 2.94. The van der Waals surface area contributed by atoms with Gasteiger partial charge in [0, 0.05) is 19.0 Å². The molecule has 2 heteroatoms. The Morgan fingerprint density at radius 2 is 2.00 bits per heavy atom. The van der Waals surface area contributed by atoms with E-state index in [0.717, 1.165) is 25.9 Å². The number of rotatable bonds is 6. The highest BCUT2D eigenvalue weighted by molar-refractivity contribution is 5.80. The van der Waals surface area contributed by atoms with E-state index in [1.54, 1.807) is 0 Å². The van der Waals surface area contributed by atoms with Crippen LogP contribution in [0.5, 0.6) is 0 Å². The van der Waals surface area contributed by atoms with Gasteiger partial charge >= 0.3 is 0 Å². The van der Waals surface area contributed by atoms with Gasteiger partial charge in [0.1, 0.15) is 0 Å². The first-order chi connectivity index (χ1) is 6.29. The molecule has 0 radical (unpaired) electrons. The number of hydrogen-bond donors (Lipinski definition) is 0. The van der Waals surface area contributed by atoms with Crippen molar-refractivity contribution in [1.82, 2.24) is 4.90 Å². The molecule has 0 saturated heterocycles. The summed E-state index contributed by atoms with van der Waals surface area (Å²) in [5, 5.41) is 0. The molecule has 13 heavy (non-hydrogen) atoms. The highest BCUT2D eigenvalue weighted by Gasteiger charge is 2.32. The number of hydrogen-bond acceptors (Lipinski definition) is 1. The van der Waals surface area contributed by atoms with Crippen molar-refractivity contribution in [1.29, 1.82) is 0 Å². The van der Waals surface area contributed by atoms with Crippen molar-refractivity contribution in [3.63, 3.8) is 0 Å². The molecule has 0 aromatic rings. The van der Waals surface area contributed by atoms with Gasteiger partial charge in [-0.15, -0.1) is 0 Å². The number of unbranched alkanes of at least 4 members (excludes halogenated alkanes) is 2. The smallest absolute Gasteiger partial charge is 0.225 e. The molecule has 0 aliphatic heterocycles. The fraction of sp³-hybridized carbons (Fsp3) is 0.909. The highest BCUT2D eigenvalue weighted by Crippen LogP contribution is 2.30. The van der Waals surface area contributed by atoms with E-state index in [1.807, 2.05) is 4.90 Å². The van der Waals surface area contributed by atoms with Crippen LogP contribution in [0.15, 0.2) is 0 Å². The molecule has 0 atom stereocenters. The molecule has 1 rings (SSSR count). The second kappa shape index (κ2) is 5.25.